The van der Waals surface area contributed by atoms with Gasteiger partial charge in [-0.2, -0.15) is 0 Å². The summed E-state index contributed by atoms with van der Waals surface area (Å²) in [6, 6.07) is 9.63. The third kappa shape index (κ3) is 1.17. The van der Waals surface area contributed by atoms with Gasteiger partial charge in [0.1, 0.15) is 0 Å². The van der Waals surface area contributed by atoms with Crippen LogP contribution in [0.5, 0.6) is 5.75 Å². The first-order valence-corrected chi connectivity index (χ1v) is 4.03. The first-order chi connectivity index (χ1) is 6.70. The molecule has 0 aliphatic heterocycles. The van der Waals surface area contributed by atoms with Gasteiger partial charge < -0.3 is 0 Å². The van der Waals surface area contributed by atoms with Crippen molar-refractivity contribution in [2.24, 2.45) is 0 Å². The van der Waals surface area contributed by atoms with Crippen LogP contribution in [-0.2, 0) is 5.11 Å². The first-order valence-electron chi connectivity index (χ1n) is 4.03. The Morgan fingerprint density at radius 3 is 2.50 bits per heavy atom. The van der Waals surface area contributed by atoms with Gasteiger partial charge in [-0.3, -0.25) is 15.2 Å². The fourth-order valence-electron chi connectivity index (χ4n) is 1.38. The van der Waals surface area contributed by atoms with Gasteiger partial charge >= 0.3 is 5.69 Å². The summed E-state index contributed by atoms with van der Waals surface area (Å²) >= 11 is 0. The quantitative estimate of drug-likeness (QED) is 0.510. The summed E-state index contributed by atoms with van der Waals surface area (Å²) in [7, 11) is 0. The minimum atomic E-state index is -0.658. The normalized spacial score (nSPS) is 10.3. The van der Waals surface area contributed by atoms with Crippen LogP contribution >= 0.6 is 0 Å². The molecule has 0 N–H and O–H groups in total. The number of hydrogen-bond acceptors (Lipinski definition) is 2. The van der Waals surface area contributed by atoms with E-state index < -0.39 is 10.7 Å². The highest BCUT2D eigenvalue weighted by Gasteiger charge is 2.16. The van der Waals surface area contributed by atoms with Crippen LogP contribution in [0, 0.1) is 10.1 Å². The summed E-state index contributed by atoms with van der Waals surface area (Å²) in [5.41, 5.74) is -0.372. The Morgan fingerprint density at radius 2 is 1.79 bits per heavy atom. The van der Waals surface area contributed by atoms with Crippen molar-refractivity contribution in [3.8, 4) is 5.75 Å². The lowest BCUT2D eigenvalue weighted by Gasteiger charge is -1.98. The number of nitrogens with zero attached hydrogens (tertiary/aromatic N) is 1. The van der Waals surface area contributed by atoms with Gasteiger partial charge in [-0.05, 0) is 11.5 Å². The van der Waals surface area contributed by atoms with Gasteiger partial charge in [0.05, 0.1) is 4.92 Å². The number of benzene rings is 2. The molecule has 1 radical (unpaired) electrons. The van der Waals surface area contributed by atoms with Crippen molar-refractivity contribution in [2.45, 2.75) is 0 Å². The molecule has 0 saturated heterocycles. The third-order valence-corrected chi connectivity index (χ3v) is 2.06. The molecule has 4 heteroatoms. The van der Waals surface area contributed by atoms with Crippen LogP contribution in [-0.4, -0.2) is 4.92 Å². The van der Waals surface area contributed by atoms with Gasteiger partial charge in [-0.15, -0.1) is 0 Å². The van der Waals surface area contributed by atoms with Crippen molar-refractivity contribution < 1.29 is 10.0 Å². The molecule has 2 aromatic carbocycles. The second-order valence-corrected chi connectivity index (χ2v) is 2.89. The Morgan fingerprint density at radius 1 is 1.07 bits per heavy atom. The summed E-state index contributed by atoms with van der Waals surface area (Å²) in [6.07, 6.45) is 0. The summed E-state index contributed by atoms with van der Waals surface area (Å²) < 4.78 is 0. The molecule has 0 amide bonds. The van der Waals surface area contributed by atoms with Gasteiger partial charge in [0.2, 0.25) is 0 Å². The van der Waals surface area contributed by atoms with E-state index in [1.165, 1.54) is 6.07 Å². The average molecular weight is 188 g/mol. The van der Waals surface area contributed by atoms with Crippen LogP contribution in [0.25, 0.3) is 10.8 Å². The summed E-state index contributed by atoms with van der Waals surface area (Å²) in [5.74, 6) is -0.520. The second kappa shape index (κ2) is 2.99. The van der Waals surface area contributed by atoms with Gasteiger partial charge in [0.25, 0.3) is 5.75 Å². The van der Waals surface area contributed by atoms with Crippen LogP contribution in [0.1, 0.15) is 0 Å². The van der Waals surface area contributed by atoms with Crippen LogP contribution in [0.2, 0.25) is 0 Å². The molecule has 0 aliphatic carbocycles. The van der Waals surface area contributed by atoms with Crippen LogP contribution < -0.4 is 0 Å². The van der Waals surface area contributed by atoms with E-state index in [0.29, 0.717) is 5.39 Å². The molecule has 0 aromatic heterocycles. The minimum Gasteiger partial charge on any atom is -0.282 e. The molecular weight excluding hydrogens is 182 g/mol. The lowest BCUT2D eigenvalue weighted by atomic mass is 10.1. The lowest BCUT2D eigenvalue weighted by Crippen LogP contribution is -1.88. The van der Waals surface area contributed by atoms with E-state index in [1.807, 2.05) is 0 Å². The van der Waals surface area contributed by atoms with E-state index >= 15 is 0 Å². The maximum absolute atomic E-state index is 11.5. The molecule has 0 unspecified atom stereocenters. The molecule has 0 aliphatic rings. The van der Waals surface area contributed by atoms with Crippen molar-refractivity contribution in [1.82, 2.24) is 0 Å². The molecule has 0 bridgehead atoms. The first kappa shape index (κ1) is 8.50. The number of rotatable bonds is 1. The smallest absolute Gasteiger partial charge is 0.282 e. The van der Waals surface area contributed by atoms with Crippen molar-refractivity contribution in [3.63, 3.8) is 0 Å². The Labute approximate surface area is 79.6 Å². The van der Waals surface area contributed by atoms with Crippen molar-refractivity contribution in [2.75, 3.05) is 0 Å². The monoisotopic (exact) mass is 188 g/mol. The van der Waals surface area contributed by atoms with Gasteiger partial charge in [0.15, 0.2) is 0 Å². The molecule has 0 heterocycles. The Balaban J connectivity index is 2.81. The van der Waals surface area contributed by atoms with Crippen LogP contribution in [0.3, 0.4) is 0 Å². The zero-order valence-electron chi connectivity index (χ0n) is 7.14. The standard InChI is InChI=1S/C10H6NO3/c12-10-8-4-2-1-3-7(8)5-6-9(10)11(13)14/h1-6H. The molecular formula is C10H6NO3. The number of nitro benzene ring substituents is 1. The van der Waals surface area contributed by atoms with E-state index in [-0.39, 0.29) is 5.69 Å². The Bertz CT molecular complexity index is 508. The number of hydrogen-bond donors (Lipinski definition) is 0. The minimum absolute atomic E-state index is 0.372. The summed E-state index contributed by atoms with van der Waals surface area (Å²) in [4.78, 5) is 9.81. The van der Waals surface area contributed by atoms with E-state index in [1.54, 1.807) is 30.3 Å². The number of nitro groups is 1. The Hall–Kier alpha value is -2.10. The average Bonchev–Trinajstić information content (AvgIpc) is 2.18. The largest absolute Gasteiger partial charge is 0.316 e. The summed E-state index contributed by atoms with van der Waals surface area (Å²) in [6.45, 7) is 0. The zero-order chi connectivity index (χ0) is 10.1. The molecule has 4 nitrogen and oxygen atoms in total. The van der Waals surface area contributed by atoms with E-state index in [4.69, 9.17) is 0 Å². The van der Waals surface area contributed by atoms with Crippen molar-refractivity contribution in [1.29, 1.82) is 0 Å². The molecule has 0 spiro atoms. The Kier molecular flexibility index (Phi) is 1.81. The molecule has 2 rings (SSSR count). The fraction of sp³-hybridized carbons (Fsp3) is 0. The van der Waals surface area contributed by atoms with Gasteiger partial charge in [-0.1, -0.05) is 24.3 Å². The fourth-order valence-corrected chi connectivity index (χ4v) is 1.38. The molecule has 2 aromatic rings. The van der Waals surface area contributed by atoms with E-state index in [2.05, 4.69) is 0 Å². The molecule has 0 fully saturated rings. The van der Waals surface area contributed by atoms with Crippen LogP contribution in [0.15, 0.2) is 36.4 Å². The number of fused-ring (bicyclic) bond motifs is 1. The lowest BCUT2D eigenvalue weighted by molar-refractivity contribution is -0.386. The second-order valence-electron chi connectivity index (χ2n) is 2.89. The SMILES string of the molecule is [O]c1c([N+](=O)[O-])ccc2ccccc12. The van der Waals surface area contributed by atoms with Gasteiger partial charge in [0, 0.05) is 11.5 Å². The van der Waals surface area contributed by atoms with Crippen molar-refractivity contribution in [3.05, 3.63) is 46.5 Å². The topological polar surface area (TPSA) is 63.0 Å². The van der Waals surface area contributed by atoms with E-state index in [9.17, 15) is 15.2 Å². The van der Waals surface area contributed by atoms with E-state index in [0.717, 1.165) is 5.39 Å². The highest BCUT2D eigenvalue weighted by Crippen LogP contribution is 2.34. The third-order valence-electron chi connectivity index (χ3n) is 2.06. The van der Waals surface area contributed by atoms with Crippen LogP contribution in [0.4, 0.5) is 5.69 Å². The molecule has 0 atom stereocenters. The highest BCUT2D eigenvalue weighted by molar-refractivity contribution is 5.91. The molecule has 0 saturated carbocycles. The maximum atomic E-state index is 11.5. The predicted molar refractivity (Wildman–Crippen MR) is 50.7 cm³/mol. The van der Waals surface area contributed by atoms with Gasteiger partial charge in [-0.25, -0.2) is 0 Å². The maximum Gasteiger partial charge on any atom is 0.316 e. The van der Waals surface area contributed by atoms with Crippen molar-refractivity contribution >= 4 is 16.5 Å². The molecule has 14 heavy (non-hydrogen) atoms. The molecule has 69 valence electrons. The summed E-state index contributed by atoms with van der Waals surface area (Å²) in [5, 5.41) is 23.1. The zero-order valence-corrected chi connectivity index (χ0v) is 7.14. The predicted octanol–water partition coefficient (Wildman–Crippen LogP) is 2.89. The highest BCUT2D eigenvalue weighted by atomic mass is 16.6.